The third-order valence-electron chi connectivity index (χ3n) is 4.80. The molecule has 0 unspecified atom stereocenters. The molecule has 1 aliphatic heterocycles. The van der Waals surface area contributed by atoms with Crippen molar-refractivity contribution in [3.05, 3.63) is 65.5 Å². The highest BCUT2D eigenvalue weighted by Gasteiger charge is 2.46. The molecule has 0 radical (unpaired) electrons. The van der Waals surface area contributed by atoms with Gasteiger partial charge in [-0.15, -0.1) is 0 Å². The molecule has 2 aromatic rings. The summed E-state index contributed by atoms with van der Waals surface area (Å²) in [5.74, 6) is -0.889. The molecular weight excluding hydrogens is 382 g/mol. The molecule has 2 heterocycles. The van der Waals surface area contributed by atoms with E-state index in [1.807, 2.05) is 32.8 Å². The number of amides is 1. The molecular formula is C23H27N3O4. The number of aliphatic hydroxyl groups is 1. The number of hydrogen-bond acceptors (Lipinski definition) is 6. The lowest BCUT2D eigenvalue weighted by atomic mass is 9.98. The second-order valence-electron chi connectivity index (χ2n) is 7.74. The standard InChI is InChI=1S/C23H27N3O4/c1-15(2)30-17-10-8-16(9-11-17)21(27)19-20(18-7-5-6-12-24-18)26(14-13-25(3)4)23(29)22(19)28/h5-12,15,20,27H,13-14H2,1-4H3/b21-19+/t20-/m0/s1. The SMILES string of the molecule is CC(C)Oc1ccc(/C(O)=C2\C(=O)C(=O)N(CCN(C)C)[C@H]2c2ccccn2)cc1. The fraction of sp³-hybridized carbons (Fsp3) is 0.348. The number of hydrogen-bond donors (Lipinski definition) is 1. The van der Waals surface area contributed by atoms with E-state index in [1.54, 1.807) is 48.7 Å². The van der Waals surface area contributed by atoms with Crippen LogP contribution in [0.4, 0.5) is 0 Å². The van der Waals surface area contributed by atoms with Gasteiger partial charge in [-0.05, 0) is 64.3 Å². The topological polar surface area (TPSA) is 83.0 Å². The van der Waals surface area contributed by atoms with E-state index in [9.17, 15) is 14.7 Å². The molecule has 0 spiro atoms. The predicted octanol–water partition coefficient (Wildman–Crippen LogP) is 2.85. The Kier molecular flexibility index (Phi) is 6.52. The molecule has 0 aliphatic carbocycles. The van der Waals surface area contributed by atoms with E-state index in [-0.39, 0.29) is 17.4 Å². The van der Waals surface area contributed by atoms with E-state index in [2.05, 4.69) is 4.98 Å². The number of pyridine rings is 1. The number of rotatable bonds is 7. The minimum atomic E-state index is -0.738. The number of Topliss-reactive ketones (excluding diaryl/α,β-unsaturated/α-hetero) is 1. The van der Waals surface area contributed by atoms with Crippen LogP contribution < -0.4 is 4.74 Å². The van der Waals surface area contributed by atoms with E-state index in [1.165, 1.54) is 4.90 Å². The summed E-state index contributed by atoms with van der Waals surface area (Å²) in [6, 6.07) is 11.4. The largest absolute Gasteiger partial charge is 0.507 e. The fourth-order valence-corrected chi connectivity index (χ4v) is 3.38. The van der Waals surface area contributed by atoms with Crippen molar-refractivity contribution < 1.29 is 19.4 Å². The monoisotopic (exact) mass is 409 g/mol. The quantitative estimate of drug-likeness (QED) is 0.430. The zero-order valence-electron chi connectivity index (χ0n) is 17.7. The van der Waals surface area contributed by atoms with Gasteiger partial charge in [0.1, 0.15) is 17.6 Å². The third kappa shape index (κ3) is 4.52. The highest BCUT2D eigenvalue weighted by molar-refractivity contribution is 6.46. The molecule has 0 bridgehead atoms. The Morgan fingerprint density at radius 2 is 1.87 bits per heavy atom. The van der Waals surface area contributed by atoms with Gasteiger partial charge in [-0.2, -0.15) is 0 Å². The van der Waals surface area contributed by atoms with Crippen molar-refractivity contribution in [2.45, 2.75) is 26.0 Å². The van der Waals surface area contributed by atoms with Gasteiger partial charge < -0.3 is 19.6 Å². The summed E-state index contributed by atoms with van der Waals surface area (Å²) in [5, 5.41) is 11.0. The Morgan fingerprint density at radius 3 is 2.43 bits per heavy atom. The van der Waals surface area contributed by atoms with Crippen LogP contribution in [0.2, 0.25) is 0 Å². The van der Waals surface area contributed by atoms with E-state index < -0.39 is 17.7 Å². The van der Waals surface area contributed by atoms with Crippen molar-refractivity contribution in [2.24, 2.45) is 0 Å². The summed E-state index contributed by atoms with van der Waals surface area (Å²) in [6.07, 6.45) is 1.63. The van der Waals surface area contributed by atoms with Crippen molar-refractivity contribution in [1.29, 1.82) is 0 Å². The first-order valence-corrected chi connectivity index (χ1v) is 9.90. The lowest BCUT2D eigenvalue weighted by Gasteiger charge is -2.25. The van der Waals surface area contributed by atoms with Crippen LogP contribution in [0.1, 0.15) is 31.1 Å². The average molecular weight is 409 g/mol. The number of ether oxygens (including phenoxy) is 1. The van der Waals surface area contributed by atoms with Crippen molar-refractivity contribution >= 4 is 17.4 Å². The minimum absolute atomic E-state index is 0.0237. The zero-order chi connectivity index (χ0) is 21.8. The Bertz CT molecular complexity index is 937. The molecule has 1 N–H and O–H groups in total. The Labute approximate surface area is 176 Å². The number of ketones is 1. The summed E-state index contributed by atoms with van der Waals surface area (Å²) in [7, 11) is 3.79. The molecule has 0 saturated carbocycles. The van der Waals surface area contributed by atoms with E-state index in [0.29, 0.717) is 30.1 Å². The number of carbonyl (C=O) groups excluding carboxylic acids is 2. The molecule has 1 aromatic heterocycles. The van der Waals surface area contributed by atoms with Gasteiger partial charge in [0.15, 0.2) is 0 Å². The van der Waals surface area contributed by atoms with Crippen LogP contribution in [0.15, 0.2) is 54.2 Å². The smallest absolute Gasteiger partial charge is 0.295 e. The lowest BCUT2D eigenvalue weighted by Crippen LogP contribution is -2.35. The second-order valence-corrected chi connectivity index (χ2v) is 7.74. The van der Waals surface area contributed by atoms with Crippen molar-refractivity contribution in [1.82, 2.24) is 14.8 Å². The van der Waals surface area contributed by atoms with Crippen molar-refractivity contribution in [3.63, 3.8) is 0 Å². The Balaban J connectivity index is 2.05. The van der Waals surface area contributed by atoms with Crippen molar-refractivity contribution in [2.75, 3.05) is 27.2 Å². The predicted molar refractivity (Wildman–Crippen MR) is 114 cm³/mol. The molecule has 7 heteroatoms. The first kappa shape index (κ1) is 21.5. The second kappa shape index (κ2) is 9.09. The number of aliphatic hydroxyl groups excluding tert-OH is 1. The van der Waals surface area contributed by atoms with Gasteiger partial charge in [-0.25, -0.2) is 0 Å². The number of aromatic nitrogens is 1. The molecule has 1 amide bonds. The molecule has 30 heavy (non-hydrogen) atoms. The number of carbonyl (C=O) groups is 2. The zero-order valence-corrected chi connectivity index (χ0v) is 17.7. The van der Waals surface area contributed by atoms with Gasteiger partial charge in [-0.1, -0.05) is 6.07 Å². The van der Waals surface area contributed by atoms with Gasteiger partial charge in [0, 0.05) is 24.8 Å². The molecule has 158 valence electrons. The lowest BCUT2D eigenvalue weighted by molar-refractivity contribution is -0.140. The number of likely N-dealkylation sites (N-methyl/N-ethyl adjacent to an activating group) is 1. The maximum atomic E-state index is 12.9. The third-order valence-corrected chi connectivity index (χ3v) is 4.80. The van der Waals surface area contributed by atoms with Crippen LogP contribution >= 0.6 is 0 Å². The number of likely N-dealkylation sites (tertiary alicyclic amines) is 1. The van der Waals surface area contributed by atoms with Crippen LogP contribution in [0.25, 0.3) is 5.76 Å². The first-order chi connectivity index (χ1) is 14.3. The summed E-state index contributed by atoms with van der Waals surface area (Å²) in [6.45, 7) is 4.78. The normalized spacial score (nSPS) is 18.5. The molecule has 1 saturated heterocycles. The maximum Gasteiger partial charge on any atom is 0.295 e. The molecule has 1 atom stereocenters. The molecule has 7 nitrogen and oxygen atoms in total. The summed E-state index contributed by atoms with van der Waals surface area (Å²) in [4.78, 5) is 33.5. The van der Waals surface area contributed by atoms with Crippen LogP contribution in [0.3, 0.4) is 0 Å². The maximum absolute atomic E-state index is 12.9. The van der Waals surface area contributed by atoms with E-state index >= 15 is 0 Å². The van der Waals surface area contributed by atoms with Crippen LogP contribution in [-0.4, -0.2) is 64.9 Å². The van der Waals surface area contributed by atoms with Crippen LogP contribution in [0.5, 0.6) is 5.75 Å². The summed E-state index contributed by atoms with van der Waals surface area (Å²) in [5.41, 5.74) is 1.03. The van der Waals surface area contributed by atoms with Crippen LogP contribution in [0, 0.1) is 0 Å². The van der Waals surface area contributed by atoms with Crippen LogP contribution in [-0.2, 0) is 9.59 Å². The Hall–Kier alpha value is -3.19. The van der Waals surface area contributed by atoms with Crippen molar-refractivity contribution in [3.8, 4) is 5.75 Å². The summed E-state index contributed by atoms with van der Waals surface area (Å²) < 4.78 is 5.63. The fourth-order valence-electron chi connectivity index (χ4n) is 3.38. The average Bonchev–Trinajstić information content (AvgIpc) is 2.97. The number of nitrogens with zero attached hydrogens (tertiary/aromatic N) is 3. The Morgan fingerprint density at radius 1 is 1.17 bits per heavy atom. The molecule has 1 aromatic carbocycles. The van der Waals surface area contributed by atoms with Gasteiger partial charge >= 0.3 is 0 Å². The van der Waals surface area contributed by atoms with Gasteiger partial charge in [0.05, 0.1) is 17.4 Å². The highest BCUT2D eigenvalue weighted by Crippen LogP contribution is 2.38. The number of benzene rings is 1. The van der Waals surface area contributed by atoms with Gasteiger partial charge in [-0.3, -0.25) is 14.6 Å². The van der Waals surface area contributed by atoms with E-state index in [4.69, 9.17) is 4.74 Å². The summed E-state index contributed by atoms with van der Waals surface area (Å²) >= 11 is 0. The highest BCUT2D eigenvalue weighted by atomic mass is 16.5. The first-order valence-electron chi connectivity index (χ1n) is 9.90. The minimum Gasteiger partial charge on any atom is -0.507 e. The van der Waals surface area contributed by atoms with Gasteiger partial charge in [0.25, 0.3) is 11.7 Å². The van der Waals surface area contributed by atoms with E-state index in [0.717, 1.165) is 0 Å². The molecule has 1 fully saturated rings. The molecule has 3 rings (SSSR count). The molecule has 1 aliphatic rings. The van der Waals surface area contributed by atoms with Gasteiger partial charge in [0.2, 0.25) is 0 Å².